The van der Waals surface area contributed by atoms with Crippen LogP contribution in [0.1, 0.15) is 19.4 Å². The van der Waals surface area contributed by atoms with Crippen LogP contribution in [0.25, 0.3) is 43.8 Å². The van der Waals surface area contributed by atoms with Crippen LogP contribution in [0, 0.1) is 6.92 Å². The minimum Gasteiger partial charge on any atom is -0.0683 e. The van der Waals surface area contributed by atoms with Crippen molar-refractivity contribution in [2.75, 3.05) is 0 Å². The summed E-state index contributed by atoms with van der Waals surface area (Å²) in [6, 6.07) is 37.1. The molecule has 0 aromatic heterocycles. The molecule has 0 atom stereocenters. The van der Waals surface area contributed by atoms with E-state index >= 15 is 0 Å². The van der Waals surface area contributed by atoms with Crippen molar-refractivity contribution in [1.82, 2.24) is 0 Å². The smallest absolute Gasteiger partial charge is 0.00263 e. The molecule has 0 saturated heterocycles. The van der Waals surface area contributed by atoms with Gasteiger partial charge in [-0.3, -0.25) is 0 Å². The maximum atomic E-state index is 2.33. The van der Waals surface area contributed by atoms with Gasteiger partial charge in [0, 0.05) is 0 Å². The van der Waals surface area contributed by atoms with Crippen molar-refractivity contribution >= 4 is 21.5 Å². The van der Waals surface area contributed by atoms with Gasteiger partial charge in [-0.05, 0) is 50.7 Å². The second kappa shape index (κ2) is 8.32. The van der Waals surface area contributed by atoms with E-state index in [1.54, 1.807) is 0 Å². The number of hydrogen-bond acceptors (Lipinski definition) is 0. The number of rotatable bonds is 2. The summed E-state index contributed by atoms with van der Waals surface area (Å²) in [5.41, 5.74) is 6.46. The molecule has 0 unspecified atom stereocenters. The fourth-order valence-electron chi connectivity index (χ4n) is 4.12. The molecule has 5 rings (SSSR count). The van der Waals surface area contributed by atoms with Crippen LogP contribution in [0.4, 0.5) is 0 Å². The summed E-state index contributed by atoms with van der Waals surface area (Å²) >= 11 is 0. The van der Waals surface area contributed by atoms with Crippen molar-refractivity contribution in [3.05, 3.63) is 109 Å². The van der Waals surface area contributed by atoms with E-state index in [0.29, 0.717) is 0 Å². The van der Waals surface area contributed by atoms with Crippen LogP contribution in [-0.2, 0) is 0 Å². The van der Waals surface area contributed by atoms with Gasteiger partial charge in [0.25, 0.3) is 0 Å². The molecule has 0 aliphatic heterocycles. The summed E-state index contributed by atoms with van der Waals surface area (Å²) in [6.45, 7) is 6.17. The molecule has 142 valence electrons. The normalized spacial score (nSPS) is 10.6. The molecule has 0 saturated carbocycles. The van der Waals surface area contributed by atoms with Gasteiger partial charge in [0.1, 0.15) is 0 Å². The van der Waals surface area contributed by atoms with E-state index in [-0.39, 0.29) is 0 Å². The van der Waals surface area contributed by atoms with Gasteiger partial charge in [0.05, 0.1) is 0 Å². The molecule has 0 aliphatic rings. The summed E-state index contributed by atoms with van der Waals surface area (Å²) in [6.07, 6.45) is 0. The molecule has 0 nitrogen and oxygen atoms in total. The van der Waals surface area contributed by atoms with E-state index in [2.05, 4.69) is 110 Å². The predicted octanol–water partition coefficient (Wildman–Crippen LogP) is 8.66. The first-order chi connectivity index (χ1) is 14.3. The minimum absolute atomic E-state index is 1.27. The molecule has 0 heterocycles. The van der Waals surface area contributed by atoms with Gasteiger partial charge >= 0.3 is 0 Å². The summed E-state index contributed by atoms with van der Waals surface area (Å²) in [7, 11) is 0. The fraction of sp³-hybridized carbons (Fsp3) is 0.103. The lowest BCUT2D eigenvalue weighted by Gasteiger charge is -2.18. The molecule has 0 spiro atoms. The Bertz CT molecular complexity index is 1250. The third kappa shape index (κ3) is 3.43. The van der Waals surface area contributed by atoms with Crippen molar-refractivity contribution < 1.29 is 0 Å². The lowest BCUT2D eigenvalue weighted by molar-refractivity contribution is 1.50. The van der Waals surface area contributed by atoms with Crippen LogP contribution >= 0.6 is 0 Å². The molecule has 0 amide bonds. The van der Waals surface area contributed by atoms with Crippen LogP contribution in [0.2, 0.25) is 0 Å². The van der Waals surface area contributed by atoms with Gasteiger partial charge in [-0.25, -0.2) is 0 Å². The monoisotopic (exact) mass is 374 g/mol. The lowest BCUT2D eigenvalue weighted by Crippen LogP contribution is -1.91. The Morgan fingerprint density at radius 3 is 1.34 bits per heavy atom. The van der Waals surface area contributed by atoms with E-state index in [1.165, 1.54) is 49.4 Å². The fourth-order valence-corrected chi connectivity index (χ4v) is 4.12. The van der Waals surface area contributed by atoms with Crippen LogP contribution in [0.15, 0.2) is 103 Å². The molecule has 0 bridgehead atoms. The molecule has 29 heavy (non-hydrogen) atoms. The van der Waals surface area contributed by atoms with Gasteiger partial charge in [-0.15, -0.1) is 0 Å². The van der Waals surface area contributed by atoms with Gasteiger partial charge < -0.3 is 0 Å². The van der Waals surface area contributed by atoms with Crippen molar-refractivity contribution in [2.24, 2.45) is 0 Å². The van der Waals surface area contributed by atoms with E-state index in [4.69, 9.17) is 0 Å². The highest BCUT2D eigenvalue weighted by molar-refractivity contribution is 6.21. The van der Waals surface area contributed by atoms with Crippen LogP contribution < -0.4 is 0 Å². The Labute approximate surface area is 173 Å². The van der Waals surface area contributed by atoms with E-state index < -0.39 is 0 Å². The highest BCUT2D eigenvalue weighted by Gasteiger charge is 2.16. The highest BCUT2D eigenvalue weighted by atomic mass is 14.2. The Morgan fingerprint density at radius 2 is 0.828 bits per heavy atom. The molecule has 5 aromatic carbocycles. The Morgan fingerprint density at radius 1 is 0.414 bits per heavy atom. The quantitative estimate of drug-likeness (QED) is 0.271. The average Bonchev–Trinajstić information content (AvgIpc) is 2.80. The van der Waals surface area contributed by atoms with E-state index in [1.807, 2.05) is 13.8 Å². The summed E-state index contributed by atoms with van der Waals surface area (Å²) in [5, 5.41) is 5.24. The third-order valence-electron chi connectivity index (χ3n) is 5.30. The van der Waals surface area contributed by atoms with Crippen LogP contribution in [0.5, 0.6) is 0 Å². The topological polar surface area (TPSA) is 0 Å². The molecule has 0 radical (unpaired) electrons. The Kier molecular flexibility index (Phi) is 5.44. The molecule has 0 N–H and O–H groups in total. The second-order valence-corrected chi connectivity index (χ2v) is 7.08. The maximum absolute atomic E-state index is 2.33. The molecule has 0 heteroatoms. The number of aryl methyl sites for hydroxylation is 1. The van der Waals surface area contributed by atoms with Gasteiger partial charge in [-0.2, -0.15) is 0 Å². The highest BCUT2D eigenvalue weighted by Crippen LogP contribution is 2.43. The first kappa shape index (κ1) is 19.0. The summed E-state index contributed by atoms with van der Waals surface area (Å²) in [4.78, 5) is 0. The predicted molar refractivity (Wildman–Crippen MR) is 128 cm³/mol. The van der Waals surface area contributed by atoms with Gasteiger partial charge in [0.15, 0.2) is 0 Å². The van der Waals surface area contributed by atoms with Crippen molar-refractivity contribution in [3.8, 4) is 22.3 Å². The molecule has 0 aliphatic carbocycles. The van der Waals surface area contributed by atoms with E-state index in [0.717, 1.165) is 0 Å². The first-order valence-corrected chi connectivity index (χ1v) is 10.4. The zero-order chi connectivity index (χ0) is 20.2. The Balaban J connectivity index is 0.000000994. The van der Waals surface area contributed by atoms with Crippen molar-refractivity contribution in [1.29, 1.82) is 0 Å². The van der Waals surface area contributed by atoms with Gasteiger partial charge in [-0.1, -0.05) is 123 Å². The lowest BCUT2D eigenvalue weighted by atomic mass is 9.85. The number of fused-ring (bicyclic) bond motifs is 2. The standard InChI is InChI=1S/C27H20.C2H6/c1-19-16-17-24-25(18-19)27(21-12-6-3-7-13-21)23-15-9-8-14-22(23)26(24)20-10-4-2-5-11-20;1-2/h2-18H,1H3;1-2H3. The van der Waals surface area contributed by atoms with Crippen LogP contribution in [0.3, 0.4) is 0 Å². The summed E-state index contributed by atoms with van der Waals surface area (Å²) in [5.74, 6) is 0. The average molecular weight is 375 g/mol. The SMILES string of the molecule is CC.Cc1ccc2c(-c3ccccc3)c3ccccc3c(-c3ccccc3)c2c1. The van der Waals surface area contributed by atoms with Crippen molar-refractivity contribution in [3.63, 3.8) is 0 Å². The molecular weight excluding hydrogens is 348 g/mol. The van der Waals surface area contributed by atoms with Crippen molar-refractivity contribution in [2.45, 2.75) is 20.8 Å². The number of benzene rings is 5. The largest absolute Gasteiger partial charge is 0.0683 e. The zero-order valence-corrected chi connectivity index (χ0v) is 17.3. The Hall–Kier alpha value is -3.38. The second-order valence-electron chi connectivity index (χ2n) is 7.08. The zero-order valence-electron chi connectivity index (χ0n) is 17.3. The minimum atomic E-state index is 1.27. The molecule has 5 aromatic rings. The summed E-state index contributed by atoms with van der Waals surface area (Å²) < 4.78 is 0. The van der Waals surface area contributed by atoms with Crippen LogP contribution in [-0.4, -0.2) is 0 Å². The third-order valence-corrected chi connectivity index (χ3v) is 5.30. The number of hydrogen-bond donors (Lipinski definition) is 0. The first-order valence-electron chi connectivity index (χ1n) is 10.4. The molecule has 0 fully saturated rings. The van der Waals surface area contributed by atoms with E-state index in [9.17, 15) is 0 Å². The van der Waals surface area contributed by atoms with Gasteiger partial charge in [0.2, 0.25) is 0 Å². The maximum Gasteiger partial charge on any atom is -0.00263 e. The molecular formula is C29H26.